The summed E-state index contributed by atoms with van der Waals surface area (Å²) in [5.74, 6) is 2.41. The van der Waals surface area contributed by atoms with Crippen molar-refractivity contribution in [3.8, 4) is 32.6 Å². The molecule has 0 aliphatic carbocycles. The Labute approximate surface area is 151 Å². The molecule has 0 spiro atoms. The number of hydrogen-bond acceptors (Lipinski definition) is 5. The van der Waals surface area contributed by atoms with Crippen LogP contribution in [0.15, 0.2) is 42.7 Å². The highest BCUT2D eigenvalue weighted by Gasteiger charge is 2.13. The van der Waals surface area contributed by atoms with Gasteiger partial charge in [0.05, 0.1) is 31.7 Å². The molecule has 0 radical (unpaired) electrons. The molecule has 25 heavy (non-hydrogen) atoms. The smallest absolute Gasteiger partial charge is 0.161 e. The first-order valence-corrected chi connectivity index (χ1v) is 8.84. The maximum Gasteiger partial charge on any atom is 0.161 e. The summed E-state index contributed by atoms with van der Waals surface area (Å²) in [6.07, 6.45) is 3.95. The van der Waals surface area contributed by atoms with E-state index in [2.05, 4.69) is 21.7 Å². The Balaban J connectivity index is 1.90. The van der Waals surface area contributed by atoms with Gasteiger partial charge in [-0.1, -0.05) is 0 Å². The van der Waals surface area contributed by atoms with Crippen LogP contribution in [0.2, 0.25) is 0 Å². The third-order valence-electron chi connectivity index (χ3n) is 4.07. The molecule has 0 saturated heterocycles. The summed E-state index contributed by atoms with van der Waals surface area (Å²) in [4.78, 5) is 6.80. The van der Waals surface area contributed by atoms with Gasteiger partial charge in [-0.05, 0) is 42.8 Å². The van der Waals surface area contributed by atoms with Crippen molar-refractivity contribution in [1.82, 2.24) is 9.55 Å². The van der Waals surface area contributed by atoms with Gasteiger partial charge in [0.2, 0.25) is 0 Å². The summed E-state index contributed by atoms with van der Waals surface area (Å²) in [6.45, 7) is 2.82. The highest BCUT2D eigenvalue weighted by atomic mass is 32.1. The lowest BCUT2D eigenvalue weighted by Crippen LogP contribution is -2.14. The number of imidazole rings is 1. The van der Waals surface area contributed by atoms with Crippen LogP contribution in [0, 0.1) is 0 Å². The maximum atomic E-state index is 5.40. The zero-order valence-corrected chi connectivity index (χ0v) is 15.7. The molecule has 1 atom stereocenters. The van der Waals surface area contributed by atoms with Crippen LogP contribution in [0.25, 0.3) is 21.1 Å². The molecule has 6 heteroatoms. The Bertz CT molecular complexity index is 841. The number of rotatable bonds is 7. The normalized spacial score (nSPS) is 12.2. The van der Waals surface area contributed by atoms with E-state index in [0.29, 0.717) is 0 Å². The van der Waals surface area contributed by atoms with Crippen molar-refractivity contribution in [3.05, 3.63) is 42.7 Å². The number of ether oxygens (including phenoxy) is 3. The van der Waals surface area contributed by atoms with E-state index in [4.69, 9.17) is 14.2 Å². The van der Waals surface area contributed by atoms with Gasteiger partial charge < -0.3 is 18.8 Å². The van der Waals surface area contributed by atoms with Crippen molar-refractivity contribution >= 4 is 11.3 Å². The zero-order valence-electron chi connectivity index (χ0n) is 14.9. The number of hydrogen-bond donors (Lipinski definition) is 0. The van der Waals surface area contributed by atoms with Gasteiger partial charge in [0.1, 0.15) is 5.82 Å². The van der Waals surface area contributed by atoms with Crippen LogP contribution >= 0.6 is 11.3 Å². The molecule has 0 aliphatic rings. The third-order valence-corrected chi connectivity index (χ3v) is 5.20. The molecule has 5 nitrogen and oxygen atoms in total. The van der Waals surface area contributed by atoms with Crippen LogP contribution in [-0.4, -0.2) is 37.0 Å². The second-order valence-electron chi connectivity index (χ2n) is 5.68. The summed E-state index contributed by atoms with van der Waals surface area (Å²) in [7, 11) is 5.01. The van der Waals surface area contributed by atoms with Crippen LogP contribution < -0.4 is 9.47 Å². The van der Waals surface area contributed by atoms with Crippen LogP contribution in [0.5, 0.6) is 11.5 Å². The average Bonchev–Trinajstić information content (AvgIpc) is 3.30. The monoisotopic (exact) mass is 358 g/mol. The van der Waals surface area contributed by atoms with Crippen molar-refractivity contribution in [2.75, 3.05) is 21.3 Å². The third kappa shape index (κ3) is 3.70. The minimum Gasteiger partial charge on any atom is -0.493 e. The first-order chi connectivity index (χ1) is 12.2. The van der Waals surface area contributed by atoms with Gasteiger partial charge in [0.15, 0.2) is 11.5 Å². The van der Waals surface area contributed by atoms with E-state index in [1.54, 1.807) is 32.7 Å². The number of methoxy groups -OCH3 is 3. The number of benzene rings is 1. The number of nitrogens with zero attached hydrogens (tertiary/aromatic N) is 2. The standard InChI is InChI=1S/C19H22N2O3S/c1-13(22-2)12-21-10-9-20-19(21)18-8-7-17(25-18)14-5-6-15(23-3)16(11-14)24-4/h5-11,13H,12H2,1-4H3. The van der Waals surface area contributed by atoms with Gasteiger partial charge in [0.25, 0.3) is 0 Å². The molecule has 2 heterocycles. The molecule has 0 fully saturated rings. The molecule has 1 unspecified atom stereocenters. The summed E-state index contributed by atoms with van der Waals surface area (Å²) in [5.41, 5.74) is 1.09. The molecule has 1 aromatic carbocycles. The summed E-state index contributed by atoms with van der Waals surface area (Å²) in [5, 5.41) is 0. The molecular weight excluding hydrogens is 336 g/mol. The molecule has 132 valence electrons. The second-order valence-corrected chi connectivity index (χ2v) is 6.77. The first kappa shape index (κ1) is 17.5. The minimum atomic E-state index is 0.137. The maximum absolute atomic E-state index is 5.40. The van der Waals surface area contributed by atoms with Gasteiger partial charge in [-0.2, -0.15) is 0 Å². The van der Waals surface area contributed by atoms with Gasteiger partial charge in [-0.25, -0.2) is 4.98 Å². The SMILES string of the molecule is COc1ccc(-c2ccc(-c3nccn3CC(C)OC)s2)cc1OC. The Morgan fingerprint density at radius 2 is 1.80 bits per heavy atom. The quantitative estimate of drug-likeness (QED) is 0.631. The molecule has 0 amide bonds. The molecule has 2 aromatic heterocycles. The lowest BCUT2D eigenvalue weighted by atomic mass is 10.1. The molecule has 0 N–H and O–H groups in total. The van der Waals surface area contributed by atoms with E-state index in [-0.39, 0.29) is 6.10 Å². The summed E-state index contributed by atoms with van der Waals surface area (Å²) < 4.78 is 18.2. The van der Waals surface area contributed by atoms with Crippen LogP contribution in [-0.2, 0) is 11.3 Å². The first-order valence-electron chi connectivity index (χ1n) is 8.02. The Kier molecular flexibility index (Phi) is 5.40. The van der Waals surface area contributed by atoms with Gasteiger partial charge in [-0.3, -0.25) is 0 Å². The summed E-state index contributed by atoms with van der Waals surface area (Å²) in [6, 6.07) is 10.2. The molecule has 3 rings (SSSR count). The van der Waals surface area contributed by atoms with E-state index >= 15 is 0 Å². The second kappa shape index (κ2) is 7.72. The van der Waals surface area contributed by atoms with Gasteiger partial charge in [0, 0.05) is 24.4 Å². The predicted molar refractivity (Wildman–Crippen MR) is 101 cm³/mol. The van der Waals surface area contributed by atoms with Crippen LogP contribution in [0.1, 0.15) is 6.92 Å². The Hall–Kier alpha value is -2.31. The highest BCUT2D eigenvalue weighted by molar-refractivity contribution is 7.18. The molecule has 3 aromatic rings. The fourth-order valence-corrected chi connectivity index (χ4v) is 3.65. The molecule has 0 aliphatic heterocycles. The van der Waals surface area contributed by atoms with Crippen molar-refractivity contribution < 1.29 is 14.2 Å². The van der Waals surface area contributed by atoms with Gasteiger partial charge >= 0.3 is 0 Å². The van der Waals surface area contributed by atoms with Crippen molar-refractivity contribution in [2.24, 2.45) is 0 Å². The average molecular weight is 358 g/mol. The highest BCUT2D eigenvalue weighted by Crippen LogP contribution is 2.37. The summed E-state index contributed by atoms with van der Waals surface area (Å²) >= 11 is 1.70. The van der Waals surface area contributed by atoms with Crippen LogP contribution in [0.4, 0.5) is 0 Å². The molecule has 0 saturated carbocycles. The largest absolute Gasteiger partial charge is 0.493 e. The lowest BCUT2D eigenvalue weighted by Gasteiger charge is -2.12. The number of aromatic nitrogens is 2. The van der Waals surface area contributed by atoms with Crippen molar-refractivity contribution in [1.29, 1.82) is 0 Å². The minimum absolute atomic E-state index is 0.137. The molecular formula is C19H22N2O3S. The van der Waals surface area contributed by atoms with Crippen molar-refractivity contribution in [2.45, 2.75) is 19.6 Å². The Morgan fingerprint density at radius 3 is 2.52 bits per heavy atom. The topological polar surface area (TPSA) is 45.5 Å². The van der Waals surface area contributed by atoms with Gasteiger partial charge in [-0.15, -0.1) is 11.3 Å². The molecule has 0 bridgehead atoms. The predicted octanol–water partition coefficient (Wildman–Crippen LogP) is 4.33. The van der Waals surface area contributed by atoms with E-state index in [1.165, 1.54) is 0 Å². The van der Waals surface area contributed by atoms with E-state index < -0.39 is 0 Å². The zero-order chi connectivity index (χ0) is 17.8. The Morgan fingerprint density at radius 1 is 1.04 bits per heavy atom. The van der Waals surface area contributed by atoms with E-state index in [9.17, 15) is 0 Å². The fraction of sp³-hybridized carbons (Fsp3) is 0.316. The number of thiophene rings is 1. The van der Waals surface area contributed by atoms with E-state index in [1.807, 2.05) is 37.5 Å². The fourth-order valence-electron chi connectivity index (χ4n) is 2.64. The lowest BCUT2D eigenvalue weighted by molar-refractivity contribution is 0.103. The van der Waals surface area contributed by atoms with E-state index in [0.717, 1.165) is 39.2 Å². The van der Waals surface area contributed by atoms with Crippen molar-refractivity contribution in [3.63, 3.8) is 0 Å². The van der Waals surface area contributed by atoms with Crippen LogP contribution in [0.3, 0.4) is 0 Å².